The monoisotopic (exact) mass is 356 g/mol. The van der Waals surface area contributed by atoms with Gasteiger partial charge in [0.25, 0.3) is 0 Å². The molecule has 0 radical (unpaired) electrons. The second kappa shape index (κ2) is 8.12. The highest BCUT2D eigenvalue weighted by Crippen LogP contribution is 2.24. The van der Waals surface area contributed by atoms with Gasteiger partial charge in [0.15, 0.2) is 0 Å². The van der Waals surface area contributed by atoms with Crippen LogP contribution in [0.15, 0.2) is 36.4 Å². The number of methoxy groups -OCH3 is 2. The van der Waals surface area contributed by atoms with Gasteiger partial charge >= 0.3 is 11.9 Å². The van der Waals surface area contributed by atoms with Crippen LogP contribution in [0.5, 0.6) is 0 Å². The maximum absolute atomic E-state index is 12.3. The Morgan fingerprint density at radius 3 is 2.00 bits per heavy atom. The molecule has 0 N–H and O–H groups in total. The predicted molar refractivity (Wildman–Crippen MR) is 92.5 cm³/mol. The van der Waals surface area contributed by atoms with Crippen molar-refractivity contribution in [1.82, 2.24) is 0 Å². The van der Waals surface area contributed by atoms with Crippen LogP contribution in [0.2, 0.25) is 0 Å². The van der Waals surface area contributed by atoms with Gasteiger partial charge in [-0.2, -0.15) is 0 Å². The standard InChI is InChI=1S/C20H20O6/c1-23-19(21)17-8-13-7-16(18(17)20(22)24-2)12-26-11-15-6-4-3-5-14(15)10-25-9-13/h3-8H,9-12H2,1-2H3. The van der Waals surface area contributed by atoms with E-state index in [1.807, 2.05) is 24.3 Å². The molecule has 2 aromatic carbocycles. The lowest BCUT2D eigenvalue weighted by Crippen LogP contribution is -2.16. The van der Waals surface area contributed by atoms with Crippen molar-refractivity contribution in [3.05, 3.63) is 69.8 Å². The third kappa shape index (κ3) is 3.76. The van der Waals surface area contributed by atoms with Gasteiger partial charge in [0.05, 0.1) is 51.8 Å². The van der Waals surface area contributed by atoms with E-state index < -0.39 is 11.9 Å². The average Bonchev–Trinajstić information content (AvgIpc) is 2.70. The predicted octanol–water partition coefficient (Wildman–Crippen LogP) is 3.01. The van der Waals surface area contributed by atoms with Gasteiger partial charge in [-0.25, -0.2) is 9.59 Å². The molecule has 6 heteroatoms. The Labute approximate surface area is 151 Å². The molecule has 2 bridgehead atoms. The van der Waals surface area contributed by atoms with Crippen LogP contribution >= 0.6 is 0 Å². The third-order valence-electron chi connectivity index (χ3n) is 4.23. The van der Waals surface area contributed by atoms with Gasteiger partial charge in [-0.3, -0.25) is 0 Å². The molecule has 2 aromatic rings. The summed E-state index contributed by atoms with van der Waals surface area (Å²) in [7, 11) is 2.54. The lowest BCUT2D eigenvalue weighted by Gasteiger charge is -2.14. The number of ether oxygens (including phenoxy) is 4. The van der Waals surface area contributed by atoms with Gasteiger partial charge in [-0.1, -0.05) is 30.3 Å². The van der Waals surface area contributed by atoms with Gasteiger partial charge in [-0.15, -0.1) is 0 Å². The largest absolute Gasteiger partial charge is 0.465 e. The van der Waals surface area contributed by atoms with Gasteiger partial charge in [0.2, 0.25) is 0 Å². The fraction of sp³-hybridized carbons (Fsp3) is 0.300. The molecule has 1 aliphatic rings. The van der Waals surface area contributed by atoms with Crippen LogP contribution in [0.25, 0.3) is 0 Å². The molecule has 0 saturated heterocycles. The first-order valence-corrected chi connectivity index (χ1v) is 8.18. The molecule has 0 unspecified atom stereocenters. The molecule has 0 fully saturated rings. The molecule has 6 nitrogen and oxygen atoms in total. The van der Waals surface area contributed by atoms with Gasteiger partial charge in [0, 0.05) is 0 Å². The van der Waals surface area contributed by atoms with Crippen LogP contribution in [0.1, 0.15) is 43.0 Å². The Bertz CT molecular complexity index is 827. The molecule has 0 spiro atoms. The number of fused-ring (bicyclic) bond motifs is 3. The van der Waals surface area contributed by atoms with Crippen LogP contribution in [0, 0.1) is 0 Å². The molecular weight excluding hydrogens is 336 g/mol. The number of carbonyl (C=O) groups is 2. The highest BCUT2D eigenvalue weighted by molar-refractivity contribution is 6.04. The second-order valence-electron chi connectivity index (χ2n) is 5.91. The van der Waals surface area contributed by atoms with Crippen molar-refractivity contribution in [2.24, 2.45) is 0 Å². The quantitative estimate of drug-likeness (QED) is 0.771. The van der Waals surface area contributed by atoms with Crippen molar-refractivity contribution in [3.8, 4) is 0 Å². The Hall–Kier alpha value is -2.70. The number of hydrogen-bond acceptors (Lipinski definition) is 6. The summed E-state index contributed by atoms with van der Waals surface area (Å²) in [5.74, 6) is -1.21. The normalized spacial score (nSPS) is 13.9. The highest BCUT2D eigenvalue weighted by Gasteiger charge is 2.24. The van der Waals surface area contributed by atoms with E-state index in [0.29, 0.717) is 25.4 Å². The summed E-state index contributed by atoms with van der Waals surface area (Å²) in [5.41, 5.74) is 3.71. The minimum atomic E-state index is -0.605. The molecule has 0 aliphatic carbocycles. The Balaban J connectivity index is 2.03. The Morgan fingerprint density at radius 1 is 0.808 bits per heavy atom. The lowest BCUT2D eigenvalue weighted by atomic mass is 9.97. The van der Waals surface area contributed by atoms with E-state index in [0.717, 1.165) is 16.7 Å². The summed E-state index contributed by atoms with van der Waals surface area (Å²) in [6, 6.07) is 11.3. The fourth-order valence-corrected chi connectivity index (χ4v) is 2.97. The summed E-state index contributed by atoms with van der Waals surface area (Å²) >= 11 is 0. The molecular formula is C20H20O6. The zero-order valence-corrected chi connectivity index (χ0v) is 14.7. The number of hydrogen-bond donors (Lipinski definition) is 0. The van der Waals surface area contributed by atoms with Crippen LogP contribution in [-0.2, 0) is 45.4 Å². The van der Waals surface area contributed by atoms with Gasteiger partial charge in [-0.05, 0) is 28.3 Å². The molecule has 1 aliphatic heterocycles. The minimum Gasteiger partial charge on any atom is -0.465 e. The molecule has 0 saturated carbocycles. The molecule has 1 heterocycles. The van der Waals surface area contributed by atoms with E-state index in [-0.39, 0.29) is 17.7 Å². The minimum absolute atomic E-state index is 0.149. The topological polar surface area (TPSA) is 71.1 Å². The average molecular weight is 356 g/mol. The second-order valence-corrected chi connectivity index (χ2v) is 5.91. The van der Waals surface area contributed by atoms with Crippen molar-refractivity contribution in [3.63, 3.8) is 0 Å². The fourth-order valence-electron chi connectivity index (χ4n) is 2.97. The smallest absolute Gasteiger partial charge is 0.339 e. The molecule has 3 rings (SSSR count). The van der Waals surface area contributed by atoms with E-state index in [2.05, 4.69) is 0 Å². The van der Waals surface area contributed by atoms with Crippen LogP contribution in [0.3, 0.4) is 0 Å². The summed E-state index contributed by atoms with van der Waals surface area (Å²) in [5, 5.41) is 0. The zero-order chi connectivity index (χ0) is 18.5. The van der Waals surface area contributed by atoms with Crippen molar-refractivity contribution < 1.29 is 28.5 Å². The Morgan fingerprint density at radius 2 is 1.38 bits per heavy atom. The van der Waals surface area contributed by atoms with Crippen LogP contribution in [0.4, 0.5) is 0 Å². The molecule has 26 heavy (non-hydrogen) atoms. The summed E-state index contributed by atoms with van der Waals surface area (Å²) < 4.78 is 21.3. The molecule has 0 atom stereocenters. The van der Waals surface area contributed by atoms with E-state index in [9.17, 15) is 9.59 Å². The first-order valence-electron chi connectivity index (χ1n) is 8.18. The third-order valence-corrected chi connectivity index (χ3v) is 4.23. The van der Waals surface area contributed by atoms with Crippen molar-refractivity contribution in [2.75, 3.05) is 14.2 Å². The van der Waals surface area contributed by atoms with Gasteiger partial charge < -0.3 is 18.9 Å². The first kappa shape index (κ1) is 18.1. The van der Waals surface area contributed by atoms with Crippen LogP contribution < -0.4 is 0 Å². The maximum Gasteiger partial charge on any atom is 0.339 e. The van der Waals surface area contributed by atoms with E-state index in [1.165, 1.54) is 14.2 Å². The molecule has 0 aromatic heterocycles. The number of carbonyl (C=O) groups excluding carboxylic acids is 2. The van der Waals surface area contributed by atoms with Crippen molar-refractivity contribution >= 4 is 11.9 Å². The highest BCUT2D eigenvalue weighted by atomic mass is 16.5. The Kier molecular flexibility index (Phi) is 5.65. The summed E-state index contributed by atoms with van der Waals surface area (Å²) in [6.45, 7) is 1.27. The first-order chi connectivity index (χ1) is 12.6. The van der Waals surface area contributed by atoms with E-state index >= 15 is 0 Å². The number of benzene rings is 2. The zero-order valence-electron chi connectivity index (χ0n) is 14.7. The molecule has 0 amide bonds. The lowest BCUT2D eigenvalue weighted by molar-refractivity contribution is 0.0547. The maximum atomic E-state index is 12.3. The number of rotatable bonds is 2. The summed E-state index contributed by atoms with van der Waals surface area (Å²) in [6.07, 6.45) is 0. The van der Waals surface area contributed by atoms with Crippen molar-refractivity contribution in [2.45, 2.75) is 26.4 Å². The van der Waals surface area contributed by atoms with Crippen molar-refractivity contribution in [1.29, 1.82) is 0 Å². The van der Waals surface area contributed by atoms with E-state index in [4.69, 9.17) is 18.9 Å². The van der Waals surface area contributed by atoms with Crippen LogP contribution in [-0.4, -0.2) is 26.2 Å². The molecule has 136 valence electrons. The van der Waals surface area contributed by atoms with Gasteiger partial charge in [0.1, 0.15) is 0 Å². The number of esters is 2. The van der Waals surface area contributed by atoms with E-state index in [1.54, 1.807) is 12.1 Å². The summed E-state index contributed by atoms with van der Waals surface area (Å²) in [4.78, 5) is 24.5. The SMILES string of the molecule is COC(=O)c1cc2cc(c1C(=O)OC)COCc1ccccc1COC2.